The molecule has 0 saturated carbocycles. The van der Waals surface area contributed by atoms with E-state index in [0.717, 1.165) is 24.1 Å². The van der Waals surface area contributed by atoms with E-state index in [1.807, 2.05) is 12.3 Å². The predicted molar refractivity (Wildman–Crippen MR) is 72.0 cm³/mol. The molecule has 0 bridgehead atoms. The molecule has 0 fully saturated rings. The Hall–Kier alpha value is -1.83. The minimum atomic E-state index is 0.839. The molecule has 1 aromatic carbocycles. The Balaban J connectivity index is 2.16. The largest absolute Gasteiger partial charge is 0.398 e. The highest BCUT2D eigenvalue weighted by Crippen LogP contribution is 2.18. The topological polar surface area (TPSA) is 38.9 Å². The van der Waals surface area contributed by atoms with E-state index in [1.165, 1.54) is 16.7 Å². The highest BCUT2D eigenvalue weighted by atomic mass is 14.7. The summed E-state index contributed by atoms with van der Waals surface area (Å²) in [5.41, 5.74) is 12.0. The molecule has 0 aliphatic carbocycles. The lowest BCUT2D eigenvalue weighted by Crippen LogP contribution is -2.00. The molecule has 2 nitrogen and oxygen atoms in total. The second-order valence-corrected chi connectivity index (χ2v) is 4.44. The smallest absolute Gasteiger partial charge is 0.0377 e. The van der Waals surface area contributed by atoms with Gasteiger partial charge in [-0.3, -0.25) is 4.98 Å². The van der Waals surface area contributed by atoms with Gasteiger partial charge in [-0.15, -0.1) is 0 Å². The summed E-state index contributed by atoms with van der Waals surface area (Å²) in [6.45, 7) is 4.32. The van der Waals surface area contributed by atoms with E-state index in [4.69, 9.17) is 5.73 Å². The van der Waals surface area contributed by atoms with Crippen LogP contribution in [0.15, 0.2) is 36.7 Å². The molecule has 1 aromatic heterocycles. The summed E-state index contributed by atoms with van der Waals surface area (Å²) in [6.07, 6.45) is 5.57. The molecule has 0 atom stereocenters. The first-order valence-electron chi connectivity index (χ1n) is 5.92. The van der Waals surface area contributed by atoms with E-state index in [1.54, 1.807) is 6.20 Å². The van der Waals surface area contributed by atoms with Crippen molar-refractivity contribution < 1.29 is 0 Å². The number of aromatic nitrogens is 1. The monoisotopic (exact) mass is 226 g/mol. The van der Waals surface area contributed by atoms with Crippen molar-refractivity contribution in [2.24, 2.45) is 0 Å². The number of anilines is 1. The van der Waals surface area contributed by atoms with Gasteiger partial charge in [-0.1, -0.05) is 18.2 Å². The van der Waals surface area contributed by atoms with Gasteiger partial charge < -0.3 is 5.73 Å². The summed E-state index contributed by atoms with van der Waals surface area (Å²) in [7, 11) is 0. The van der Waals surface area contributed by atoms with Gasteiger partial charge in [0.05, 0.1) is 0 Å². The quantitative estimate of drug-likeness (QED) is 0.873. The van der Waals surface area contributed by atoms with Crippen LogP contribution in [0, 0.1) is 13.8 Å². The Morgan fingerprint density at radius 1 is 1.06 bits per heavy atom. The standard InChI is InChI=1S/C15H18N2/c1-11-4-3-5-12(2)14(11)7-6-13-10-17-9-8-15(13)16/h3-5,8-10H,6-7H2,1-2H3,(H2,16,17). The molecule has 0 unspecified atom stereocenters. The maximum absolute atomic E-state index is 5.92. The molecule has 17 heavy (non-hydrogen) atoms. The summed E-state index contributed by atoms with van der Waals surface area (Å²) < 4.78 is 0. The molecule has 0 amide bonds. The number of hydrogen-bond donors (Lipinski definition) is 1. The van der Waals surface area contributed by atoms with Crippen LogP contribution in [0.3, 0.4) is 0 Å². The lowest BCUT2D eigenvalue weighted by molar-refractivity contribution is 0.932. The Morgan fingerprint density at radius 3 is 2.41 bits per heavy atom. The number of nitrogens with two attached hydrogens (primary N) is 1. The van der Waals surface area contributed by atoms with E-state index in [9.17, 15) is 0 Å². The fourth-order valence-corrected chi connectivity index (χ4v) is 2.15. The molecule has 88 valence electrons. The number of pyridine rings is 1. The summed E-state index contributed by atoms with van der Waals surface area (Å²) in [6, 6.07) is 8.29. The van der Waals surface area contributed by atoms with Gasteiger partial charge in [0.2, 0.25) is 0 Å². The van der Waals surface area contributed by atoms with Crippen molar-refractivity contribution in [1.82, 2.24) is 4.98 Å². The maximum atomic E-state index is 5.92. The second kappa shape index (κ2) is 5.00. The lowest BCUT2D eigenvalue weighted by Gasteiger charge is -2.10. The van der Waals surface area contributed by atoms with Crippen LogP contribution < -0.4 is 5.73 Å². The first-order chi connectivity index (χ1) is 8.18. The summed E-state index contributed by atoms with van der Waals surface area (Å²) in [5.74, 6) is 0. The third-order valence-corrected chi connectivity index (χ3v) is 3.23. The second-order valence-electron chi connectivity index (χ2n) is 4.44. The van der Waals surface area contributed by atoms with Crippen LogP contribution in [0.2, 0.25) is 0 Å². The molecule has 2 heteroatoms. The van der Waals surface area contributed by atoms with Crippen LogP contribution in [0.25, 0.3) is 0 Å². The van der Waals surface area contributed by atoms with E-state index in [0.29, 0.717) is 0 Å². The van der Waals surface area contributed by atoms with Crippen LogP contribution in [-0.4, -0.2) is 4.98 Å². The van der Waals surface area contributed by atoms with Gasteiger partial charge in [-0.2, -0.15) is 0 Å². The molecule has 0 aliphatic rings. The number of nitrogens with zero attached hydrogens (tertiary/aromatic N) is 1. The molecule has 2 rings (SSSR count). The molecular weight excluding hydrogens is 208 g/mol. The molecule has 0 spiro atoms. The molecule has 2 N–H and O–H groups in total. The SMILES string of the molecule is Cc1cccc(C)c1CCc1cnccc1N. The summed E-state index contributed by atoms with van der Waals surface area (Å²) in [4.78, 5) is 4.12. The number of nitrogen functional groups attached to an aromatic ring is 1. The van der Waals surface area contributed by atoms with Gasteiger partial charge in [0.1, 0.15) is 0 Å². The molecule has 0 saturated heterocycles. The number of aryl methyl sites for hydroxylation is 3. The predicted octanol–water partition coefficient (Wildman–Crippen LogP) is 3.07. The van der Waals surface area contributed by atoms with Gasteiger partial charge in [0.15, 0.2) is 0 Å². The summed E-state index contributed by atoms with van der Waals surface area (Å²) >= 11 is 0. The van der Waals surface area contributed by atoms with Gasteiger partial charge in [0, 0.05) is 18.1 Å². The molecular formula is C15H18N2. The lowest BCUT2D eigenvalue weighted by atomic mass is 9.96. The van der Waals surface area contributed by atoms with Crippen molar-refractivity contribution in [2.75, 3.05) is 5.73 Å². The van der Waals surface area contributed by atoms with Gasteiger partial charge >= 0.3 is 0 Å². The van der Waals surface area contributed by atoms with Gasteiger partial charge in [-0.05, 0) is 55.0 Å². The van der Waals surface area contributed by atoms with Crippen molar-refractivity contribution in [3.8, 4) is 0 Å². The first-order valence-corrected chi connectivity index (χ1v) is 5.92. The fourth-order valence-electron chi connectivity index (χ4n) is 2.15. The average Bonchev–Trinajstić information content (AvgIpc) is 2.30. The van der Waals surface area contributed by atoms with Crippen molar-refractivity contribution in [1.29, 1.82) is 0 Å². The minimum absolute atomic E-state index is 0.839. The van der Waals surface area contributed by atoms with Crippen LogP contribution in [0.1, 0.15) is 22.3 Å². The van der Waals surface area contributed by atoms with E-state index in [-0.39, 0.29) is 0 Å². The molecule has 0 radical (unpaired) electrons. The van der Waals surface area contributed by atoms with Gasteiger partial charge in [0.25, 0.3) is 0 Å². The first kappa shape index (κ1) is 11.6. The highest BCUT2D eigenvalue weighted by molar-refractivity contribution is 5.45. The van der Waals surface area contributed by atoms with E-state index < -0.39 is 0 Å². The van der Waals surface area contributed by atoms with Crippen LogP contribution in [-0.2, 0) is 12.8 Å². The normalized spacial score (nSPS) is 10.5. The van der Waals surface area contributed by atoms with Crippen LogP contribution >= 0.6 is 0 Å². The average molecular weight is 226 g/mol. The van der Waals surface area contributed by atoms with E-state index >= 15 is 0 Å². The highest BCUT2D eigenvalue weighted by Gasteiger charge is 2.04. The van der Waals surface area contributed by atoms with Crippen molar-refractivity contribution in [3.05, 3.63) is 58.9 Å². The summed E-state index contributed by atoms with van der Waals surface area (Å²) in [5, 5.41) is 0. The zero-order chi connectivity index (χ0) is 12.3. The zero-order valence-corrected chi connectivity index (χ0v) is 10.4. The number of benzene rings is 1. The Labute approximate surface area is 103 Å². The van der Waals surface area contributed by atoms with Crippen molar-refractivity contribution >= 4 is 5.69 Å². The molecule has 0 aliphatic heterocycles. The molecule has 1 heterocycles. The molecule has 2 aromatic rings. The number of rotatable bonds is 3. The third-order valence-electron chi connectivity index (χ3n) is 3.23. The Kier molecular flexibility index (Phi) is 3.43. The Bertz CT molecular complexity index is 498. The van der Waals surface area contributed by atoms with Gasteiger partial charge in [-0.25, -0.2) is 0 Å². The zero-order valence-electron chi connectivity index (χ0n) is 10.4. The Morgan fingerprint density at radius 2 is 1.76 bits per heavy atom. The van der Waals surface area contributed by atoms with Crippen molar-refractivity contribution in [2.45, 2.75) is 26.7 Å². The third kappa shape index (κ3) is 2.64. The fraction of sp³-hybridized carbons (Fsp3) is 0.267. The maximum Gasteiger partial charge on any atom is 0.0377 e. The van der Waals surface area contributed by atoms with Crippen LogP contribution in [0.4, 0.5) is 5.69 Å². The number of hydrogen-bond acceptors (Lipinski definition) is 2. The van der Waals surface area contributed by atoms with Crippen molar-refractivity contribution in [3.63, 3.8) is 0 Å². The van der Waals surface area contributed by atoms with Crippen LogP contribution in [0.5, 0.6) is 0 Å². The van der Waals surface area contributed by atoms with E-state index in [2.05, 4.69) is 37.0 Å². The minimum Gasteiger partial charge on any atom is -0.398 e.